The van der Waals surface area contributed by atoms with E-state index in [2.05, 4.69) is 36.6 Å². The summed E-state index contributed by atoms with van der Waals surface area (Å²) in [5.74, 6) is 0. The maximum Gasteiger partial charge on any atom is 0.0644 e. The molecule has 0 aliphatic carbocycles. The average molecular weight is 242 g/mol. The van der Waals surface area contributed by atoms with E-state index in [0.29, 0.717) is 0 Å². The van der Waals surface area contributed by atoms with Gasteiger partial charge in [-0.25, -0.2) is 0 Å². The van der Waals surface area contributed by atoms with E-state index in [0.717, 1.165) is 23.6 Å². The minimum atomic E-state index is 0.802. The summed E-state index contributed by atoms with van der Waals surface area (Å²) in [6.45, 7) is 10.8. The maximum atomic E-state index is 6.11. The Kier molecular flexibility index (Phi) is 5.25. The zero-order valence-electron chi connectivity index (χ0n) is 11.5. The first-order valence-electron chi connectivity index (χ1n) is 6.23. The standard InChI is InChI=1S/C16H22N2/c1-5-8-14(9-6-2)18(7-3)16-11-10-13(4)12-15(16)17/h5-6,8-12H,1,7,17H2,2-4H3/b9-6-,14-8+. The Labute approximate surface area is 110 Å². The molecule has 1 aromatic carbocycles. The summed E-state index contributed by atoms with van der Waals surface area (Å²) >= 11 is 0. The summed E-state index contributed by atoms with van der Waals surface area (Å²) in [6.07, 6.45) is 7.86. The van der Waals surface area contributed by atoms with Crippen molar-refractivity contribution in [3.8, 4) is 0 Å². The van der Waals surface area contributed by atoms with Crippen molar-refractivity contribution in [1.29, 1.82) is 0 Å². The molecule has 2 nitrogen and oxygen atoms in total. The second-order valence-electron chi connectivity index (χ2n) is 4.13. The van der Waals surface area contributed by atoms with Gasteiger partial charge in [-0.05, 0) is 50.6 Å². The third-order valence-electron chi connectivity index (χ3n) is 2.73. The van der Waals surface area contributed by atoms with Crippen LogP contribution in [0.5, 0.6) is 0 Å². The Morgan fingerprint density at radius 1 is 1.44 bits per heavy atom. The first kappa shape index (κ1) is 14.1. The predicted octanol–water partition coefficient (Wildman–Crippen LogP) is 4.05. The van der Waals surface area contributed by atoms with Crippen LogP contribution < -0.4 is 10.6 Å². The zero-order valence-corrected chi connectivity index (χ0v) is 11.5. The van der Waals surface area contributed by atoms with Gasteiger partial charge >= 0.3 is 0 Å². The van der Waals surface area contributed by atoms with Crippen LogP contribution in [-0.2, 0) is 0 Å². The third kappa shape index (κ3) is 3.27. The molecule has 0 saturated heterocycles. The van der Waals surface area contributed by atoms with Gasteiger partial charge in [0.15, 0.2) is 0 Å². The Balaban J connectivity index is 3.23. The number of nitrogen functional groups attached to an aromatic ring is 1. The van der Waals surface area contributed by atoms with Crippen molar-refractivity contribution in [3.05, 3.63) is 60.3 Å². The van der Waals surface area contributed by atoms with Gasteiger partial charge in [0, 0.05) is 12.2 Å². The van der Waals surface area contributed by atoms with E-state index in [1.807, 2.05) is 32.1 Å². The minimum absolute atomic E-state index is 0.802. The smallest absolute Gasteiger partial charge is 0.0644 e. The molecule has 0 atom stereocenters. The summed E-state index contributed by atoms with van der Waals surface area (Å²) in [5.41, 5.74) is 10.2. The molecule has 0 radical (unpaired) electrons. The van der Waals surface area contributed by atoms with Crippen molar-refractivity contribution in [1.82, 2.24) is 0 Å². The topological polar surface area (TPSA) is 29.3 Å². The van der Waals surface area contributed by atoms with E-state index < -0.39 is 0 Å². The number of aryl methyl sites for hydroxylation is 1. The van der Waals surface area contributed by atoms with Crippen LogP contribution in [0.1, 0.15) is 19.4 Å². The van der Waals surface area contributed by atoms with Crippen molar-refractivity contribution in [3.63, 3.8) is 0 Å². The van der Waals surface area contributed by atoms with Gasteiger partial charge in [-0.2, -0.15) is 0 Å². The number of hydrogen-bond donors (Lipinski definition) is 1. The summed E-state index contributed by atoms with van der Waals surface area (Å²) in [4.78, 5) is 2.18. The molecular weight excluding hydrogens is 220 g/mol. The van der Waals surface area contributed by atoms with Crippen LogP contribution in [0.4, 0.5) is 11.4 Å². The molecule has 0 aliphatic rings. The molecule has 0 fully saturated rings. The number of nitrogens with two attached hydrogens (primary N) is 1. The SMILES string of the molecule is C=C/C=C(\C=C/C)N(CC)c1ccc(C)cc1N. The summed E-state index contributed by atoms with van der Waals surface area (Å²) in [5, 5.41) is 0. The van der Waals surface area contributed by atoms with Gasteiger partial charge in [0.1, 0.15) is 0 Å². The molecule has 0 saturated carbocycles. The monoisotopic (exact) mass is 242 g/mol. The molecule has 0 unspecified atom stereocenters. The number of allylic oxidation sites excluding steroid dienone is 4. The summed E-state index contributed by atoms with van der Waals surface area (Å²) < 4.78 is 0. The van der Waals surface area contributed by atoms with Crippen LogP contribution in [0.25, 0.3) is 0 Å². The maximum absolute atomic E-state index is 6.11. The van der Waals surface area contributed by atoms with Gasteiger partial charge in [0.25, 0.3) is 0 Å². The van der Waals surface area contributed by atoms with Crippen molar-refractivity contribution >= 4 is 11.4 Å². The van der Waals surface area contributed by atoms with E-state index >= 15 is 0 Å². The van der Waals surface area contributed by atoms with Crippen molar-refractivity contribution in [2.75, 3.05) is 17.2 Å². The van der Waals surface area contributed by atoms with Crippen molar-refractivity contribution < 1.29 is 0 Å². The average Bonchev–Trinajstić information content (AvgIpc) is 2.33. The molecule has 0 aliphatic heterocycles. The second kappa shape index (κ2) is 6.70. The highest BCUT2D eigenvalue weighted by atomic mass is 15.1. The highest BCUT2D eigenvalue weighted by Crippen LogP contribution is 2.27. The van der Waals surface area contributed by atoms with Gasteiger partial charge in [0.05, 0.1) is 11.4 Å². The van der Waals surface area contributed by atoms with Gasteiger partial charge in [0.2, 0.25) is 0 Å². The van der Waals surface area contributed by atoms with E-state index in [-0.39, 0.29) is 0 Å². The quantitative estimate of drug-likeness (QED) is 0.623. The Morgan fingerprint density at radius 2 is 2.17 bits per heavy atom. The second-order valence-corrected chi connectivity index (χ2v) is 4.13. The van der Waals surface area contributed by atoms with E-state index in [1.165, 1.54) is 5.56 Å². The van der Waals surface area contributed by atoms with Crippen LogP contribution in [0.15, 0.2) is 54.8 Å². The summed E-state index contributed by atoms with van der Waals surface area (Å²) in [6, 6.07) is 6.14. The Hall–Kier alpha value is -1.96. The molecular formula is C16H22N2. The number of hydrogen-bond acceptors (Lipinski definition) is 2. The molecule has 1 aromatic rings. The Morgan fingerprint density at radius 3 is 2.67 bits per heavy atom. The fraction of sp³-hybridized carbons (Fsp3) is 0.250. The lowest BCUT2D eigenvalue weighted by atomic mass is 10.1. The van der Waals surface area contributed by atoms with Crippen LogP contribution in [-0.4, -0.2) is 6.54 Å². The van der Waals surface area contributed by atoms with Crippen LogP contribution in [0.3, 0.4) is 0 Å². The van der Waals surface area contributed by atoms with Crippen LogP contribution >= 0.6 is 0 Å². The van der Waals surface area contributed by atoms with Crippen LogP contribution in [0, 0.1) is 6.92 Å². The van der Waals surface area contributed by atoms with E-state index in [4.69, 9.17) is 5.73 Å². The van der Waals surface area contributed by atoms with Gasteiger partial charge < -0.3 is 10.6 Å². The third-order valence-corrected chi connectivity index (χ3v) is 2.73. The highest BCUT2D eigenvalue weighted by molar-refractivity contribution is 5.71. The van der Waals surface area contributed by atoms with Gasteiger partial charge in [-0.1, -0.05) is 24.8 Å². The zero-order chi connectivity index (χ0) is 13.5. The molecule has 2 heteroatoms. The normalized spacial score (nSPS) is 11.8. The fourth-order valence-electron chi connectivity index (χ4n) is 1.94. The minimum Gasteiger partial charge on any atom is -0.397 e. The van der Waals surface area contributed by atoms with Gasteiger partial charge in [-0.15, -0.1) is 0 Å². The van der Waals surface area contributed by atoms with E-state index in [1.54, 1.807) is 6.08 Å². The number of rotatable bonds is 5. The molecule has 0 spiro atoms. The molecule has 0 bridgehead atoms. The van der Waals surface area contributed by atoms with E-state index in [9.17, 15) is 0 Å². The van der Waals surface area contributed by atoms with Crippen LogP contribution in [0.2, 0.25) is 0 Å². The Bertz CT molecular complexity index is 470. The first-order chi connectivity index (χ1) is 8.63. The fourth-order valence-corrected chi connectivity index (χ4v) is 1.94. The number of benzene rings is 1. The number of likely N-dealkylation sites (N-methyl/N-ethyl adjacent to an activating group) is 1. The molecule has 18 heavy (non-hydrogen) atoms. The summed E-state index contributed by atoms with van der Waals surface area (Å²) in [7, 11) is 0. The molecule has 0 aromatic heterocycles. The molecule has 0 heterocycles. The lowest BCUT2D eigenvalue weighted by Crippen LogP contribution is -2.22. The molecule has 96 valence electrons. The lowest BCUT2D eigenvalue weighted by Gasteiger charge is -2.26. The predicted molar refractivity (Wildman–Crippen MR) is 81.7 cm³/mol. The molecule has 1 rings (SSSR count). The highest BCUT2D eigenvalue weighted by Gasteiger charge is 2.10. The van der Waals surface area contributed by atoms with Crippen molar-refractivity contribution in [2.24, 2.45) is 0 Å². The molecule has 2 N–H and O–H groups in total. The lowest BCUT2D eigenvalue weighted by molar-refractivity contribution is 0.979. The number of nitrogens with zero attached hydrogens (tertiary/aromatic N) is 1. The molecule has 0 amide bonds. The van der Waals surface area contributed by atoms with Crippen molar-refractivity contribution in [2.45, 2.75) is 20.8 Å². The number of anilines is 2. The largest absolute Gasteiger partial charge is 0.397 e. The van der Waals surface area contributed by atoms with Gasteiger partial charge in [-0.3, -0.25) is 0 Å². The first-order valence-corrected chi connectivity index (χ1v) is 6.23.